The van der Waals surface area contributed by atoms with Gasteiger partial charge in [-0.05, 0) is 40.5 Å². The first kappa shape index (κ1) is 13.4. The first-order valence-corrected chi connectivity index (χ1v) is 6.98. The molecule has 0 saturated heterocycles. The van der Waals surface area contributed by atoms with Gasteiger partial charge in [0.15, 0.2) is 5.69 Å². The minimum Gasteiger partial charge on any atom is -0.238 e. The number of hydrogen-bond acceptors (Lipinski definition) is 0. The maximum atomic E-state index is 7.11. The lowest BCUT2D eigenvalue weighted by Crippen LogP contribution is -1.80. The van der Waals surface area contributed by atoms with Crippen LogP contribution < -0.4 is 0 Å². The normalized spacial score (nSPS) is 10.1. The lowest BCUT2D eigenvalue weighted by atomic mass is 10.00. The van der Waals surface area contributed by atoms with Gasteiger partial charge >= 0.3 is 0 Å². The fourth-order valence-corrected chi connectivity index (χ4v) is 2.52. The van der Waals surface area contributed by atoms with Crippen LogP contribution in [0.25, 0.3) is 27.1 Å². The van der Waals surface area contributed by atoms with Crippen LogP contribution in [0.3, 0.4) is 0 Å². The summed E-state index contributed by atoms with van der Waals surface area (Å²) in [6, 6.07) is 24.0. The van der Waals surface area contributed by atoms with Crippen LogP contribution in [0, 0.1) is 6.57 Å². The van der Waals surface area contributed by atoms with Crippen molar-refractivity contribution in [3.8, 4) is 22.3 Å². The Morgan fingerprint density at radius 3 is 1.86 bits per heavy atom. The van der Waals surface area contributed by atoms with Crippen molar-refractivity contribution in [2.24, 2.45) is 0 Å². The Kier molecular flexibility index (Phi) is 3.73. The molecule has 3 aromatic rings. The highest BCUT2D eigenvalue weighted by atomic mass is 35.5. The number of nitrogens with zero attached hydrogens (tertiary/aromatic N) is 1. The molecule has 0 bridgehead atoms. The standard InChI is InChI=1S/C19H12ClN/c1-21-19-12-17(11-18(20)13-19)16-9-7-15(8-10-16)14-5-3-2-4-6-14/h2-13H. The topological polar surface area (TPSA) is 4.36 Å². The number of rotatable bonds is 2. The van der Waals surface area contributed by atoms with Crippen LogP contribution in [0.1, 0.15) is 0 Å². The molecule has 0 unspecified atom stereocenters. The first-order chi connectivity index (χ1) is 10.3. The third-order valence-electron chi connectivity index (χ3n) is 3.34. The summed E-state index contributed by atoms with van der Waals surface area (Å²) in [7, 11) is 0. The van der Waals surface area contributed by atoms with Gasteiger partial charge in [0.2, 0.25) is 0 Å². The van der Waals surface area contributed by atoms with Crippen molar-refractivity contribution < 1.29 is 0 Å². The van der Waals surface area contributed by atoms with Crippen LogP contribution in [0.15, 0.2) is 72.8 Å². The van der Waals surface area contributed by atoms with Crippen LogP contribution in [-0.2, 0) is 0 Å². The number of hydrogen-bond donors (Lipinski definition) is 0. The molecule has 0 atom stereocenters. The maximum absolute atomic E-state index is 7.11. The average Bonchev–Trinajstić information content (AvgIpc) is 2.55. The van der Waals surface area contributed by atoms with E-state index >= 15 is 0 Å². The van der Waals surface area contributed by atoms with Gasteiger partial charge in [0.05, 0.1) is 6.57 Å². The van der Waals surface area contributed by atoms with Crippen molar-refractivity contribution in [1.29, 1.82) is 0 Å². The molecule has 0 radical (unpaired) electrons. The second-order valence-corrected chi connectivity index (χ2v) is 5.19. The Morgan fingerprint density at radius 1 is 0.667 bits per heavy atom. The molecule has 0 aliphatic rings. The summed E-state index contributed by atoms with van der Waals surface area (Å²) >= 11 is 6.06. The van der Waals surface area contributed by atoms with Gasteiger partial charge in [-0.3, -0.25) is 0 Å². The summed E-state index contributed by atoms with van der Waals surface area (Å²) < 4.78 is 0. The number of halogens is 1. The van der Waals surface area contributed by atoms with Crippen molar-refractivity contribution >= 4 is 17.3 Å². The second-order valence-electron chi connectivity index (χ2n) is 4.75. The van der Waals surface area contributed by atoms with Crippen LogP contribution in [0.4, 0.5) is 5.69 Å². The average molecular weight is 290 g/mol. The SMILES string of the molecule is [C-]#[N+]c1cc(Cl)cc(-c2ccc(-c3ccccc3)cc2)c1. The molecule has 0 spiro atoms. The summed E-state index contributed by atoms with van der Waals surface area (Å²) in [5.74, 6) is 0. The molecule has 0 amide bonds. The minimum atomic E-state index is 0.560. The van der Waals surface area contributed by atoms with Crippen molar-refractivity contribution in [3.63, 3.8) is 0 Å². The fraction of sp³-hybridized carbons (Fsp3) is 0. The molecule has 21 heavy (non-hydrogen) atoms. The smallest absolute Gasteiger partial charge is 0.189 e. The number of benzene rings is 3. The molecular formula is C19H12ClN. The zero-order valence-electron chi connectivity index (χ0n) is 11.3. The molecule has 100 valence electrons. The Hall–Kier alpha value is -2.56. The van der Waals surface area contributed by atoms with Crippen LogP contribution in [0.5, 0.6) is 0 Å². The van der Waals surface area contributed by atoms with E-state index < -0.39 is 0 Å². The summed E-state index contributed by atoms with van der Waals surface area (Å²) in [4.78, 5) is 3.45. The third-order valence-corrected chi connectivity index (χ3v) is 3.56. The van der Waals surface area contributed by atoms with Crippen LogP contribution >= 0.6 is 11.6 Å². The predicted molar refractivity (Wildman–Crippen MR) is 88.6 cm³/mol. The lowest BCUT2D eigenvalue weighted by Gasteiger charge is -2.06. The molecule has 3 rings (SSSR count). The molecule has 0 saturated carbocycles. The van der Waals surface area contributed by atoms with Crippen molar-refractivity contribution in [2.75, 3.05) is 0 Å². The van der Waals surface area contributed by atoms with E-state index in [9.17, 15) is 0 Å². The minimum absolute atomic E-state index is 0.560. The highest BCUT2D eigenvalue weighted by Gasteiger charge is 2.03. The van der Waals surface area contributed by atoms with Crippen LogP contribution in [-0.4, -0.2) is 0 Å². The molecule has 2 heteroatoms. The molecule has 0 aliphatic carbocycles. The Balaban J connectivity index is 1.98. The maximum Gasteiger partial charge on any atom is 0.189 e. The molecule has 0 heterocycles. The van der Waals surface area contributed by atoms with E-state index in [4.69, 9.17) is 18.2 Å². The van der Waals surface area contributed by atoms with Gasteiger partial charge in [-0.1, -0.05) is 66.2 Å². The molecular weight excluding hydrogens is 278 g/mol. The van der Waals surface area contributed by atoms with Gasteiger partial charge in [-0.2, -0.15) is 0 Å². The van der Waals surface area contributed by atoms with E-state index in [0.29, 0.717) is 10.7 Å². The van der Waals surface area contributed by atoms with E-state index in [1.54, 1.807) is 6.07 Å². The zero-order chi connectivity index (χ0) is 14.7. The largest absolute Gasteiger partial charge is 0.238 e. The molecule has 1 nitrogen and oxygen atoms in total. The van der Waals surface area contributed by atoms with E-state index in [2.05, 4.69) is 41.2 Å². The Labute approximate surface area is 129 Å². The quantitative estimate of drug-likeness (QED) is 0.493. The second kappa shape index (κ2) is 5.83. The van der Waals surface area contributed by atoms with E-state index in [1.165, 1.54) is 11.1 Å². The molecule has 3 aromatic carbocycles. The van der Waals surface area contributed by atoms with Crippen molar-refractivity contribution in [1.82, 2.24) is 0 Å². The fourth-order valence-electron chi connectivity index (χ4n) is 2.29. The van der Waals surface area contributed by atoms with Crippen LogP contribution in [0.2, 0.25) is 5.02 Å². The molecule has 0 aromatic heterocycles. The summed E-state index contributed by atoms with van der Waals surface area (Å²) in [5, 5.41) is 0.589. The van der Waals surface area contributed by atoms with E-state index in [-0.39, 0.29) is 0 Å². The zero-order valence-corrected chi connectivity index (χ0v) is 12.0. The summed E-state index contributed by atoms with van der Waals surface area (Å²) in [6.07, 6.45) is 0. The first-order valence-electron chi connectivity index (χ1n) is 6.60. The molecule has 0 aliphatic heterocycles. The third kappa shape index (κ3) is 2.97. The monoisotopic (exact) mass is 289 g/mol. The van der Waals surface area contributed by atoms with E-state index in [0.717, 1.165) is 11.1 Å². The Morgan fingerprint density at radius 2 is 1.24 bits per heavy atom. The lowest BCUT2D eigenvalue weighted by molar-refractivity contribution is 1.59. The van der Waals surface area contributed by atoms with Crippen molar-refractivity contribution in [3.05, 3.63) is 89.2 Å². The summed E-state index contributed by atoms with van der Waals surface area (Å²) in [5.41, 5.74) is 4.95. The summed E-state index contributed by atoms with van der Waals surface area (Å²) in [6.45, 7) is 7.11. The molecule has 0 N–H and O–H groups in total. The predicted octanol–water partition coefficient (Wildman–Crippen LogP) is 6.22. The highest BCUT2D eigenvalue weighted by molar-refractivity contribution is 6.31. The molecule has 0 fully saturated rings. The van der Waals surface area contributed by atoms with Gasteiger partial charge < -0.3 is 0 Å². The van der Waals surface area contributed by atoms with Gasteiger partial charge in [-0.25, -0.2) is 4.85 Å². The van der Waals surface area contributed by atoms with Gasteiger partial charge in [0.1, 0.15) is 0 Å². The van der Waals surface area contributed by atoms with Crippen molar-refractivity contribution in [2.45, 2.75) is 0 Å². The van der Waals surface area contributed by atoms with E-state index in [1.807, 2.05) is 30.3 Å². The Bertz CT molecular complexity index is 799. The highest BCUT2D eigenvalue weighted by Crippen LogP contribution is 2.30. The van der Waals surface area contributed by atoms with Gasteiger partial charge in [0, 0.05) is 5.02 Å². The van der Waals surface area contributed by atoms with Gasteiger partial charge in [-0.15, -0.1) is 0 Å². The van der Waals surface area contributed by atoms with Gasteiger partial charge in [0.25, 0.3) is 0 Å².